The molecule has 1 aromatic carbocycles. The molecule has 0 spiro atoms. The number of nitrogens with one attached hydrogen (secondary N) is 1. The fourth-order valence-corrected chi connectivity index (χ4v) is 5.36. The number of aryl methyl sites for hydroxylation is 1. The van der Waals surface area contributed by atoms with E-state index in [9.17, 15) is 0 Å². The Balaban J connectivity index is 1.80. The van der Waals surface area contributed by atoms with Gasteiger partial charge in [-0.1, -0.05) is 34.1 Å². The van der Waals surface area contributed by atoms with Crippen molar-refractivity contribution in [1.82, 2.24) is 5.32 Å². The molecule has 1 N–H and O–H groups in total. The lowest BCUT2D eigenvalue weighted by Gasteiger charge is -2.27. The SMILES string of the molecule is C[C@@H](NC1CCCc2sc(Br)cc21)c1ccccc1Br. The van der Waals surface area contributed by atoms with E-state index in [4.69, 9.17) is 0 Å². The van der Waals surface area contributed by atoms with Crippen LogP contribution in [0.1, 0.15) is 47.9 Å². The minimum Gasteiger partial charge on any atom is -0.303 e. The molecule has 1 unspecified atom stereocenters. The number of benzene rings is 1. The molecule has 0 saturated heterocycles. The van der Waals surface area contributed by atoms with Crippen molar-refractivity contribution in [2.75, 3.05) is 0 Å². The van der Waals surface area contributed by atoms with Crippen molar-refractivity contribution in [1.29, 1.82) is 0 Å². The van der Waals surface area contributed by atoms with Gasteiger partial charge in [-0.3, -0.25) is 0 Å². The molecule has 1 aliphatic carbocycles. The molecule has 106 valence electrons. The van der Waals surface area contributed by atoms with Crippen LogP contribution in [0.2, 0.25) is 0 Å². The van der Waals surface area contributed by atoms with Crippen LogP contribution in [0.15, 0.2) is 38.6 Å². The number of fused-ring (bicyclic) bond motifs is 1. The molecule has 1 heterocycles. The van der Waals surface area contributed by atoms with Crippen LogP contribution in [-0.2, 0) is 6.42 Å². The van der Waals surface area contributed by atoms with Crippen molar-refractivity contribution >= 4 is 43.2 Å². The average Bonchev–Trinajstić information content (AvgIpc) is 2.80. The molecule has 0 saturated carbocycles. The van der Waals surface area contributed by atoms with Crippen molar-refractivity contribution in [3.63, 3.8) is 0 Å². The molecule has 1 aromatic heterocycles. The molecule has 3 rings (SSSR count). The van der Waals surface area contributed by atoms with Gasteiger partial charge in [-0.2, -0.15) is 0 Å². The molecule has 0 radical (unpaired) electrons. The molecule has 20 heavy (non-hydrogen) atoms. The lowest BCUT2D eigenvalue weighted by atomic mass is 9.93. The largest absolute Gasteiger partial charge is 0.303 e. The smallest absolute Gasteiger partial charge is 0.0704 e. The van der Waals surface area contributed by atoms with E-state index in [2.05, 4.69) is 74.4 Å². The third-order valence-electron chi connectivity index (χ3n) is 3.91. The summed E-state index contributed by atoms with van der Waals surface area (Å²) in [6, 6.07) is 11.6. The maximum atomic E-state index is 3.80. The van der Waals surface area contributed by atoms with Crippen molar-refractivity contribution in [2.24, 2.45) is 0 Å². The highest BCUT2D eigenvalue weighted by Crippen LogP contribution is 2.39. The summed E-state index contributed by atoms with van der Waals surface area (Å²) in [5.41, 5.74) is 2.82. The topological polar surface area (TPSA) is 12.0 Å². The molecular weight excluding hydrogens is 398 g/mol. The quantitative estimate of drug-likeness (QED) is 0.649. The molecule has 1 nitrogen and oxygen atoms in total. The highest BCUT2D eigenvalue weighted by atomic mass is 79.9. The lowest BCUT2D eigenvalue weighted by molar-refractivity contribution is 0.417. The first kappa shape index (κ1) is 14.8. The fourth-order valence-electron chi connectivity index (χ4n) is 2.91. The van der Waals surface area contributed by atoms with Crippen LogP contribution in [0.4, 0.5) is 0 Å². The van der Waals surface area contributed by atoms with Gasteiger partial charge in [-0.15, -0.1) is 11.3 Å². The summed E-state index contributed by atoms with van der Waals surface area (Å²) in [6.45, 7) is 2.25. The number of hydrogen-bond acceptors (Lipinski definition) is 2. The Labute approximate surface area is 141 Å². The van der Waals surface area contributed by atoms with Crippen LogP contribution in [0.25, 0.3) is 0 Å². The monoisotopic (exact) mass is 413 g/mol. The van der Waals surface area contributed by atoms with Crippen LogP contribution < -0.4 is 5.32 Å². The summed E-state index contributed by atoms with van der Waals surface area (Å²) in [6.07, 6.45) is 3.73. The van der Waals surface area contributed by atoms with Gasteiger partial charge in [0.15, 0.2) is 0 Å². The zero-order chi connectivity index (χ0) is 14.1. The molecule has 0 amide bonds. The minimum atomic E-state index is 0.347. The summed E-state index contributed by atoms with van der Waals surface area (Å²) in [5, 5.41) is 3.80. The summed E-state index contributed by atoms with van der Waals surface area (Å²) < 4.78 is 2.44. The van der Waals surface area contributed by atoms with E-state index in [1.807, 2.05) is 11.3 Å². The second kappa shape index (κ2) is 6.30. The third-order valence-corrected chi connectivity index (χ3v) is 6.34. The first-order valence-corrected chi connectivity index (χ1v) is 9.34. The van der Waals surface area contributed by atoms with E-state index in [1.54, 1.807) is 4.88 Å². The number of thiophene rings is 1. The number of rotatable bonds is 3. The summed E-state index contributed by atoms with van der Waals surface area (Å²) >= 11 is 9.17. The Hall–Kier alpha value is -0.160. The van der Waals surface area contributed by atoms with Gasteiger partial charge in [0.05, 0.1) is 3.79 Å². The Bertz CT molecular complexity index is 608. The first-order valence-electron chi connectivity index (χ1n) is 6.93. The maximum absolute atomic E-state index is 3.80. The third kappa shape index (κ3) is 3.03. The minimum absolute atomic E-state index is 0.347. The van der Waals surface area contributed by atoms with Gasteiger partial charge < -0.3 is 5.32 Å². The Morgan fingerprint density at radius 1 is 1.30 bits per heavy atom. The predicted octanol–water partition coefficient (Wildman–Crippen LogP) is 6.00. The molecule has 2 aromatic rings. The van der Waals surface area contributed by atoms with Gasteiger partial charge in [0.1, 0.15) is 0 Å². The normalized spacial score (nSPS) is 19.6. The van der Waals surface area contributed by atoms with Crippen molar-refractivity contribution in [3.8, 4) is 0 Å². The van der Waals surface area contributed by atoms with E-state index >= 15 is 0 Å². The number of hydrogen-bond donors (Lipinski definition) is 1. The van der Waals surface area contributed by atoms with Crippen molar-refractivity contribution in [2.45, 2.75) is 38.3 Å². The molecule has 0 bridgehead atoms. The zero-order valence-corrected chi connectivity index (χ0v) is 15.3. The summed E-state index contributed by atoms with van der Waals surface area (Å²) in [5.74, 6) is 0. The van der Waals surface area contributed by atoms with Crippen LogP contribution in [0.3, 0.4) is 0 Å². The van der Waals surface area contributed by atoms with E-state index < -0.39 is 0 Å². The molecule has 0 aliphatic heterocycles. The summed E-state index contributed by atoms with van der Waals surface area (Å²) in [7, 11) is 0. The van der Waals surface area contributed by atoms with Crippen LogP contribution in [-0.4, -0.2) is 0 Å². The predicted molar refractivity (Wildman–Crippen MR) is 93.4 cm³/mol. The van der Waals surface area contributed by atoms with Gasteiger partial charge in [0.2, 0.25) is 0 Å². The highest BCUT2D eigenvalue weighted by Gasteiger charge is 2.24. The van der Waals surface area contributed by atoms with Crippen LogP contribution in [0, 0.1) is 0 Å². The van der Waals surface area contributed by atoms with E-state index in [1.165, 1.54) is 38.6 Å². The maximum Gasteiger partial charge on any atom is 0.0704 e. The molecule has 4 heteroatoms. The van der Waals surface area contributed by atoms with Crippen LogP contribution >= 0.6 is 43.2 Å². The van der Waals surface area contributed by atoms with Gasteiger partial charge in [-0.05, 0) is 65.4 Å². The molecule has 1 aliphatic rings. The van der Waals surface area contributed by atoms with E-state index in [0.29, 0.717) is 12.1 Å². The Kier molecular flexibility index (Phi) is 4.65. The van der Waals surface area contributed by atoms with Gasteiger partial charge in [0.25, 0.3) is 0 Å². The van der Waals surface area contributed by atoms with Crippen LogP contribution in [0.5, 0.6) is 0 Å². The Morgan fingerprint density at radius 2 is 2.10 bits per heavy atom. The second-order valence-electron chi connectivity index (χ2n) is 5.28. The van der Waals surface area contributed by atoms with Crippen molar-refractivity contribution in [3.05, 3.63) is 54.6 Å². The standard InChI is InChI=1S/C16H17Br2NS/c1-10(11-5-2-3-6-13(11)17)19-14-7-4-8-15-12(14)9-16(18)20-15/h2-3,5-6,9-10,14,19H,4,7-8H2,1H3/t10-,14?/m1/s1. The highest BCUT2D eigenvalue weighted by molar-refractivity contribution is 9.11. The Morgan fingerprint density at radius 3 is 2.90 bits per heavy atom. The molecule has 0 fully saturated rings. The summed E-state index contributed by atoms with van der Waals surface area (Å²) in [4.78, 5) is 1.54. The molecular formula is C16H17Br2NS. The van der Waals surface area contributed by atoms with Gasteiger partial charge in [0, 0.05) is 21.4 Å². The second-order valence-corrected chi connectivity index (χ2v) is 8.65. The average molecular weight is 415 g/mol. The number of halogens is 2. The zero-order valence-electron chi connectivity index (χ0n) is 11.3. The molecule has 2 atom stereocenters. The van der Waals surface area contributed by atoms with E-state index in [0.717, 1.165) is 0 Å². The van der Waals surface area contributed by atoms with Gasteiger partial charge >= 0.3 is 0 Å². The fraction of sp³-hybridized carbons (Fsp3) is 0.375. The lowest BCUT2D eigenvalue weighted by Crippen LogP contribution is -2.27. The van der Waals surface area contributed by atoms with E-state index in [-0.39, 0.29) is 0 Å². The van der Waals surface area contributed by atoms with Gasteiger partial charge in [-0.25, -0.2) is 0 Å². The van der Waals surface area contributed by atoms with Crippen molar-refractivity contribution < 1.29 is 0 Å². The first-order chi connectivity index (χ1) is 9.65.